The predicted molar refractivity (Wildman–Crippen MR) is 116 cm³/mol. The molecule has 2 aromatic heterocycles. The summed E-state index contributed by atoms with van der Waals surface area (Å²) in [6, 6.07) is 5.45. The lowest BCUT2D eigenvalue weighted by atomic mass is 10.1. The maximum atomic E-state index is 12.5. The average molecular weight is 413 g/mol. The number of nitrogens with zero attached hydrogens (tertiary/aromatic N) is 5. The zero-order chi connectivity index (χ0) is 21.0. The number of amides is 1. The van der Waals surface area contributed by atoms with Crippen LogP contribution in [0.4, 0.5) is 0 Å². The highest BCUT2D eigenvalue weighted by Gasteiger charge is 2.13. The van der Waals surface area contributed by atoms with Crippen molar-refractivity contribution in [2.24, 2.45) is 5.92 Å². The minimum Gasteiger partial charge on any atom is -0.352 e. The summed E-state index contributed by atoms with van der Waals surface area (Å²) < 4.78 is 2.18. The first kappa shape index (κ1) is 21.2. The first-order valence-electron chi connectivity index (χ1n) is 9.88. The van der Waals surface area contributed by atoms with Gasteiger partial charge in [0.2, 0.25) is 0 Å². The summed E-state index contributed by atoms with van der Waals surface area (Å²) in [4.78, 5) is 21.6. The summed E-state index contributed by atoms with van der Waals surface area (Å²) in [6.07, 6.45) is 3.60. The summed E-state index contributed by atoms with van der Waals surface area (Å²) >= 11 is 1.61. The molecular formula is C21H28N6OS. The lowest BCUT2D eigenvalue weighted by molar-refractivity contribution is 0.0953. The topological polar surface area (TPSA) is 85.6 Å². The molecule has 1 N–H and O–H groups in total. The largest absolute Gasteiger partial charge is 0.352 e. The van der Waals surface area contributed by atoms with Crippen molar-refractivity contribution in [1.82, 2.24) is 30.0 Å². The molecule has 0 radical (unpaired) electrons. The molecule has 1 aromatic carbocycles. The monoisotopic (exact) mass is 412 g/mol. The van der Waals surface area contributed by atoms with Gasteiger partial charge in [-0.25, -0.2) is 9.97 Å². The SMILES string of the molecule is CSc1nnc(CCCNC(=O)c2ccc3nc(C)c(C)nc3c2)n1CC(C)C. The van der Waals surface area contributed by atoms with Crippen LogP contribution in [0.15, 0.2) is 23.4 Å². The van der Waals surface area contributed by atoms with E-state index in [-0.39, 0.29) is 5.91 Å². The van der Waals surface area contributed by atoms with E-state index in [4.69, 9.17) is 0 Å². The highest BCUT2D eigenvalue weighted by molar-refractivity contribution is 7.98. The molecule has 0 aliphatic heterocycles. The van der Waals surface area contributed by atoms with E-state index < -0.39 is 0 Å². The van der Waals surface area contributed by atoms with Crippen molar-refractivity contribution in [2.45, 2.75) is 52.2 Å². The van der Waals surface area contributed by atoms with E-state index in [0.29, 0.717) is 18.0 Å². The number of nitrogens with one attached hydrogen (secondary N) is 1. The van der Waals surface area contributed by atoms with Crippen molar-refractivity contribution in [3.8, 4) is 0 Å². The van der Waals surface area contributed by atoms with E-state index in [9.17, 15) is 4.79 Å². The van der Waals surface area contributed by atoms with E-state index in [1.165, 1.54) is 0 Å². The molecule has 0 fully saturated rings. The molecule has 154 valence electrons. The number of carbonyl (C=O) groups is 1. The second-order valence-corrected chi connectivity index (χ2v) is 8.34. The van der Waals surface area contributed by atoms with E-state index in [1.54, 1.807) is 23.9 Å². The number of hydrogen-bond donors (Lipinski definition) is 1. The zero-order valence-corrected chi connectivity index (χ0v) is 18.5. The Kier molecular flexibility index (Phi) is 6.84. The molecule has 0 bridgehead atoms. The molecule has 3 aromatic rings. The summed E-state index contributed by atoms with van der Waals surface area (Å²) in [7, 11) is 0. The molecule has 8 heteroatoms. The van der Waals surface area contributed by atoms with Crippen LogP contribution in [0.2, 0.25) is 0 Å². The van der Waals surface area contributed by atoms with Crippen LogP contribution in [0.25, 0.3) is 11.0 Å². The molecule has 7 nitrogen and oxygen atoms in total. The maximum absolute atomic E-state index is 12.5. The molecule has 0 aliphatic carbocycles. The van der Waals surface area contributed by atoms with Crippen LogP contribution in [0.1, 0.15) is 47.8 Å². The molecule has 2 heterocycles. The fourth-order valence-electron chi connectivity index (χ4n) is 3.13. The van der Waals surface area contributed by atoms with E-state index in [0.717, 1.165) is 52.8 Å². The minimum absolute atomic E-state index is 0.0969. The van der Waals surface area contributed by atoms with Gasteiger partial charge in [0.05, 0.1) is 22.4 Å². The second kappa shape index (κ2) is 9.35. The Morgan fingerprint density at radius 3 is 2.55 bits per heavy atom. The van der Waals surface area contributed by atoms with Gasteiger partial charge in [-0.3, -0.25) is 4.79 Å². The van der Waals surface area contributed by atoms with Crippen molar-refractivity contribution < 1.29 is 4.79 Å². The number of thioether (sulfide) groups is 1. The molecule has 0 saturated carbocycles. The van der Waals surface area contributed by atoms with Gasteiger partial charge in [-0.15, -0.1) is 10.2 Å². The molecule has 0 spiro atoms. The van der Waals surface area contributed by atoms with Crippen LogP contribution in [0, 0.1) is 19.8 Å². The van der Waals surface area contributed by atoms with Crippen LogP contribution in [0.5, 0.6) is 0 Å². The Morgan fingerprint density at radius 1 is 1.14 bits per heavy atom. The van der Waals surface area contributed by atoms with Crippen LogP contribution < -0.4 is 5.32 Å². The van der Waals surface area contributed by atoms with Gasteiger partial charge in [0.25, 0.3) is 5.91 Å². The standard InChI is InChI=1S/C21H28N6OS/c1-13(2)12-27-19(25-26-21(27)29-5)7-6-10-22-20(28)16-8-9-17-18(11-16)24-15(4)14(3)23-17/h8-9,11,13H,6-7,10,12H2,1-5H3,(H,22,28). The number of benzene rings is 1. The van der Waals surface area contributed by atoms with Crippen LogP contribution in [-0.2, 0) is 13.0 Å². The molecule has 1 amide bonds. The fourth-order valence-corrected chi connectivity index (χ4v) is 3.65. The lowest BCUT2D eigenvalue weighted by Gasteiger charge is -2.12. The van der Waals surface area contributed by atoms with Gasteiger partial charge < -0.3 is 9.88 Å². The van der Waals surface area contributed by atoms with Gasteiger partial charge in [-0.05, 0) is 50.6 Å². The number of carbonyl (C=O) groups excluding carboxylic acids is 1. The Morgan fingerprint density at radius 2 is 1.86 bits per heavy atom. The predicted octanol–water partition coefficient (Wildman–Crippen LogP) is 3.58. The normalized spacial score (nSPS) is 11.4. The third-order valence-corrected chi connectivity index (χ3v) is 5.39. The molecule has 0 saturated heterocycles. The summed E-state index contributed by atoms with van der Waals surface area (Å²) in [6.45, 7) is 9.72. The van der Waals surface area contributed by atoms with Gasteiger partial charge in [0, 0.05) is 25.1 Å². The summed E-state index contributed by atoms with van der Waals surface area (Å²) in [5, 5.41) is 12.5. The number of aryl methyl sites for hydroxylation is 3. The molecule has 29 heavy (non-hydrogen) atoms. The van der Waals surface area contributed by atoms with Crippen LogP contribution in [0.3, 0.4) is 0 Å². The zero-order valence-electron chi connectivity index (χ0n) is 17.7. The van der Waals surface area contributed by atoms with Crippen LogP contribution >= 0.6 is 11.8 Å². The third-order valence-electron chi connectivity index (χ3n) is 4.72. The molecule has 0 atom stereocenters. The molecular weight excluding hydrogens is 384 g/mol. The number of fused-ring (bicyclic) bond motifs is 1. The van der Waals surface area contributed by atoms with Crippen molar-refractivity contribution in [1.29, 1.82) is 0 Å². The van der Waals surface area contributed by atoms with Crippen molar-refractivity contribution in [2.75, 3.05) is 12.8 Å². The highest BCUT2D eigenvalue weighted by atomic mass is 32.2. The smallest absolute Gasteiger partial charge is 0.251 e. The van der Waals surface area contributed by atoms with Crippen LogP contribution in [-0.4, -0.2) is 43.4 Å². The molecule has 3 rings (SSSR count). The Hall–Kier alpha value is -2.48. The first-order chi connectivity index (χ1) is 13.9. The number of hydrogen-bond acceptors (Lipinski definition) is 6. The maximum Gasteiger partial charge on any atom is 0.251 e. The Bertz CT molecular complexity index is 1010. The van der Waals surface area contributed by atoms with Gasteiger partial charge >= 0.3 is 0 Å². The summed E-state index contributed by atoms with van der Waals surface area (Å²) in [5.74, 6) is 1.41. The quantitative estimate of drug-likeness (QED) is 0.450. The molecule has 0 unspecified atom stereocenters. The number of rotatable bonds is 8. The average Bonchev–Trinajstić information content (AvgIpc) is 3.06. The van der Waals surface area contributed by atoms with Crippen molar-refractivity contribution >= 4 is 28.7 Å². The Balaban J connectivity index is 1.58. The van der Waals surface area contributed by atoms with E-state index in [2.05, 4.69) is 43.9 Å². The van der Waals surface area contributed by atoms with E-state index in [1.807, 2.05) is 26.2 Å². The first-order valence-corrected chi connectivity index (χ1v) is 11.1. The van der Waals surface area contributed by atoms with Gasteiger partial charge in [0.15, 0.2) is 5.16 Å². The molecule has 0 aliphatic rings. The van der Waals surface area contributed by atoms with Crippen molar-refractivity contribution in [3.05, 3.63) is 41.0 Å². The minimum atomic E-state index is -0.0969. The van der Waals surface area contributed by atoms with Gasteiger partial charge in [-0.2, -0.15) is 0 Å². The second-order valence-electron chi connectivity index (χ2n) is 7.56. The summed E-state index contributed by atoms with van der Waals surface area (Å²) in [5.41, 5.74) is 3.93. The van der Waals surface area contributed by atoms with Gasteiger partial charge in [-0.1, -0.05) is 25.6 Å². The Labute approximate surface area is 175 Å². The number of aromatic nitrogens is 5. The highest BCUT2D eigenvalue weighted by Crippen LogP contribution is 2.17. The lowest BCUT2D eigenvalue weighted by Crippen LogP contribution is -2.25. The third kappa shape index (κ3) is 5.12. The fraction of sp³-hybridized carbons (Fsp3) is 0.476. The van der Waals surface area contributed by atoms with E-state index >= 15 is 0 Å². The van der Waals surface area contributed by atoms with Gasteiger partial charge in [0.1, 0.15) is 5.82 Å². The van der Waals surface area contributed by atoms with Crippen molar-refractivity contribution in [3.63, 3.8) is 0 Å².